The SMILES string of the molecule is CCCNC(=O)C(C)C1O[C@H](CO)[C@@H](OC2O[C@H](CO)[C@H](O)[C@H](O)[C@H]2O)[C@H](O)[C@H]1O. The van der Waals surface area contributed by atoms with Crippen molar-refractivity contribution in [2.45, 2.75) is 81.5 Å². The molecule has 0 aromatic heterocycles. The molecule has 2 heterocycles. The number of amides is 1. The summed E-state index contributed by atoms with van der Waals surface area (Å²) < 4.78 is 16.4. The van der Waals surface area contributed by atoms with Gasteiger partial charge in [0.05, 0.1) is 25.2 Å². The summed E-state index contributed by atoms with van der Waals surface area (Å²) in [5.74, 6) is -1.23. The average molecular weight is 439 g/mol. The van der Waals surface area contributed by atoms with Crippen molar-refractivity contribution < 1.29 is 54.8 Å². The highest BCUT2D eigenvalue weighted by Crippen LogP contribution is 2.31. The summed E-state index contributed by atoms with van der Waals surface area (Å²) in [4.78, 5) is 12.2. The first kappa shape index (κ1) is 25.3. The topological polar surface area (TPSA) is 198 Å². The summed E-state index contributed by atoms with van der Waals surface area (Å²) in [7, 11) is 0. The van der Waals surface area contributed by atoms with Gasteiger partial charge in [0.25, 0.3) is 0 Å². The molecule has 8 N–H and O–H groups in total. The highest BCUT2D eigenvalue weighted by molar-refractivity contribution is 5.79. The molecule has 0 spiro atoms. The van der Waals surface area contributed by atoms with Crippen LogP contribution < -0.4 is 5.32 Å². The number of rotatable bonds is 8. The minimum Gasteiger partial charge on any atom is -0.394 e. The molecule has 0 aromatic carbocycles. The van der Waals surface area contributed by atoms with Crippen LogP contribution in [0.4, 0.5) is 0 Å². The van der Waals surface area contributed by atoms with Crippen LogP contribution in [0.25, 0.3) is 0 Å². The molecule has 12 heteroatoms. The summed E-state index contributed by atoms with van der Waals surface area (Å²) in [5.41, 5.74) is 0. The predicted molar refractivity (Wildman–Crippen MR) is 98.9 cm³/mol. The van der Waals surface area contributed by atoms with E-state index < -0.39 is 86.3 Å². The first-order valence-electron chi connectivity index (χ1n) is 10.0. The molecule has 12 nitrogen and oxygen atoms in total. The first-order valence-corrected chi connectivity index (χ1v) is 10.0. The highest BCUT2D eigenvalue weighted by Gasteiger charge is 2.51. The molecular formula is C18H33NO11. The van der Waals surface area contributed by atoms with E-state index in [1.54, 1.807) is 0 Å². The smallest absolute Gasteiger partial charge is 0.225 e. The maximum absolute atomic E-state index is 12.2. The maximum atomic E-state index is 12.2. The molecule has 3 unspecified atom stereocenters. The third kappa shape index (κ3) is 5.27. The Morgan fingerprint density at radius 2 is 1.57 bits per heavy atom. The van der Waals surface area contributed by atoms with Crippen LogP contribution in [0.15, 0.2) is 0 Å². The van der Waals surface area contributed by atoms with E-state index in [-0.39, 0.29) is 0 Å². The summed E-state index contributed by atoms with van der Waals surface area (Å²) in [6.07, 6.45) is -14.1. The Bertz CT molecular complexity index is 548. The van der Waals surface area contributed by atoms with Gasteiger partial charge in [0.2, 0.25) is 5.91 Å². The van der Waals surface area contributed by atoms with Crippen LogP contribution in [-0.4, -0.2) is 123 Å². The number of carbonyl (C=O) groups excluding carboxylic acids is 1. The van der Waals surface area contributed by atoms with Crippen molar-refractivity contribution in [2.75, 3.05) is 19.8 Å². The molecule has 176 valence electrons. The molecule has 2 aliphatic heterocycles. The van der Waals surface area contributed by atoms with Gasteiger partial charge in [-0.15, -0.1) is 0 Å². The van der Waals surface area contributed by atoms with Crippen LogP contribution in [0.3, 0.4) is 0 Å². The number of carbonyl (C=O) groups is 1. The zero-order chi connectivity index (χ0) is 22.6. The molecule has 2 fully saturated rings. The minimum absolute atomic E-state index is 0.391. The third-order valence-corrected chi connectivity index (χ3v) is 5.50. The Hall–Kier alpha value is -0.930. The summed E-state index contributed by atoms with van der Waals surface area (Å²) in [6, 6.07) is 0. The van der Waals surface area contributed by atoms with E-state index >= 15 is 0 Å². The molecule has 0 aliphatic carbocycles. The number of hydrogen-bond donors (Lipinski definition) is 8. The van der Waals surface area contributed by atoms with E-state index in [1.807, 2.05) is 6.92 Å². The molecule has 2 aliphatic rings. The monoisotopic (exact) mass is 439 g/mol. The zero-order valence-electron chi connectivity index (χ0n) is 16.9. The molecule has 1 amide bonds. The molecule has 2 rings (SSSR count). The van der Waals surface area contributed by atoms with E-state index in [0.29, 0.717) is 13.0 Å². The van der Waals surface area contributed by atoms with E-state index in [9.17, 15) is 40.5 Å². The van der Waals surface area contributed by atoms with Crippen molar-refractivity contribution >= 4 is 5.91 Å². The largest absolute Gasteiger partial charge is 0.394 e. The van der Waals surface area contributed by atoms with Gasteiger partial charge in [0, 0.05) is 6.54 Å². The second-order valence-electron chi connectivity index (χ2n) is 7.68. The Labute approximate surface area is 174 Å². The fraction of sp³-hybridized carbons (Fsp3) is 0.944. The first-order chi connectivity index (χ1) is 14.2. The highest BCUT2D eigenvalue weighted by atomic mass is 16.7. The zero-order valence-corrected chi connectivity index (χ0v) is 16.9. The van der Waals surface area contributed by atoms with Gasteiger partial charge in [-0.3, -0.25) is 4.79 Å². The fourth-order valence-corrected chi connectivity index (χ4v) is 3.59. The third-order valence-electron chi connectivity index (χ3n) is 5.50. The average Bonchev–Trinajstić information content (AvgIpc) is 2.74. The molecule has 0 aromatic rings. The van der Waals surface area contributed by atoms with Crippen LogP contribution in [0, 0.1) is 5.92 Å². The van der Waals surface area contributed by atoms with E-state index in [0.717, 1.165) is 0 Å². The van der Waals surface area contributed by atoms with Gasteiger partial charge in [0.15, 0.2) is 6.29 Å². The Kier molecular flexibility index (Phi) is 9.36. The molecule has 0 bridgehead atoms. The summed E-state index contributed by atoms with van der Waals surface area (Å²) in [6.45, 7) is 2.50. The lowest BCUT2D eigenvalue weighted by Gasteiger charge is -2.47. The normalized spacial score (nSPS) is 43.2. The van der Waals surface area contributed by atoms with E-state index in [4.69, 9.17) is 14.2 Å². The Morgan fingerprint density at radius 3 is 2.13 bits per heavy atom. The summed E-state index contributed by atoms with van der Waals surface area (Å²) in [5, 5.41) is 72.6. The fourth-order valence-electron chi connectivity index (χ4n) is 3.59. The quantitative estimate of drug-likeness (QED) is 0.182. The molecule has 0 saturated carbocycles. The minimum atomic E-state index is -1.73. The van der Waals surface area contributed by atoms with Gasteiger partial charge in [-0.2, -0.15) is 0 Å². The van der Waals surface area contributed by atoms with Gasteiger partial charge in [-0.25, -0.2) is 0 Å². The van der Waals surface area contributed by atoms with Gasteiger partial charge < -0.3 is 55.3 Å². The Balaban J connectivity index is 2.12. The second-order valence-corrected chi connectivity index (χ2v) is 7.68. The molecule has 0 radical (unpaired) electrons. The van der Waals surface area contributed by atoms with Crippen molar-refractivity contribution in [3.05, 3.63) is 0 Å². The molecule has 11 atom stereocenters. The van der Waals surface area contributed by atoms with Gasteiger partial charge in [-0.1, -0.05) is 13.8 Å². The number of nitrogens with one attached hydrogen (secondary N) is 1. The van der Waals surface area contributed by atoms with Crippen molar-refractivity contribution in [3.63, 3.8) is 0 Å². The lowest BCUT2D eigenvalue weighted by molar-refractivity contribution is -0.343. The van der Waals surface area contributed by atoms with E-state index in [1.165, 1.54) is 6.92 Å². The number of aliphatic hydroxyl groups excluding tert-OH is 7. The van der Waals surface area contributed by atoms with Crippen LogP contribution in [-0.2, 0) is 19.0 Å². The van der Waals surface area contributed by atoms with Crippen LogP contribution in [0.5, 0.6) is 0 Å². The summed E-state index contributed by atoms with van der Waals surface area (Å²) >= 11 is 0. The van der Waals surface area contributed by atoms with E-state index in [2.05, 4.69) is 5.32 Å². The predicted octanol–water partition coefficient (Wildman–Crippen LogP) is -4.18. The lowest BCUT2D eigenvalue weighted by Crippen LogP contribution is -2.65. The van der Waals surface area contributed by atoms with Gasteiger partial charge >= 0.3 is 0 Å². The van der Waals surface area contributed by atoms with Crippen LogP contribution in [0.1, 0.15) is 20.3 Å². The van der Waals surface area contributed by atoms with Gasteiger partial charge in [0.1, 0.15) is 48.8 Å². The second kappa shape index (κ2) is 11.1. The van der Waals surface area contributed by atoms with Crippen molar-refractivity contribution in [1.82, 2.24) is 5.32 Å². The van der Waals surface area contributed by atoms with Crippen molar-refractivity contribution in [3.8, 4) is 0 Å². The van der Waals surface area contributed by atoms with Crippen molar-refractivity contribution in [1.29, 1.82) is 0 Å². The van der Waals surface area contributed by atoms with Gasteiger partial charge in [-0.05, 0) is 6.42 Å². The van der Waals surface area contributed by atoms with Crippen molar-refractivity contribution in [2.24, 2.45) is 5.92 Å². The lowest BCUT2D eigenvalue weighted by atomic mass is 9.88. The Morgan fingerprint density at radius 1 is 0.933 bits per heavy atom. The number of hydrogen-bond acceptors (Lipinski definition) is 11. The molecular weight excluding hydrogens is 406 g/mol. The standard InChI is InChI=1S/C18H33NO11/c1-3-4-19-17(27)7(2)15-12(24)13(25)16(9(6-21)28-15)30-18-14(26)11(23)10(22)8(5-20)29-18/h7-16,18,20-26H,3-6H2,1-2H3,(H,19,27)/t7?,8-,9-,10+,11+,12-,13-,14-,15?,16-,18?/m1/s1. The number of ether oxygens (including phenoxy) is 3. The number of aliphatic hydroxyl groups is 7. The molecule has 30 heavy (non-hydrogen) atoms. The van der Waals surface area contributed by atoms with Crippen LogP contribution >= 0.6 is 0 Å². The van der Waals surface area contributed by atoms with Crippen LogP contribution in [0.2, 0.25) is 0 Å². The molecule has 2 saturated heterocycles. The maximum Gasteiger partial charge on any atom is 0.225 e.